The first-order valence-corrected chi connectivity index (χ1v) is 6.44. The Balaban J connectivity index is 2.20. The molecule has 0 aliphatic carbocycles. The van der Waals surface area contributed by atoms with Crippen molar-refractivity contribution < 1.29 is 4.39 Å². The molecule has 0 fully saturated rings. The smallest absolute Gasteiger partial charge is 0.141 e. The highest BCUT2D eigenvalue weighted by molar-refractivity contribution is 5.16. The summed E-state index contributed by atoms with van der Waals surface area (Å²) in [5.41, 5.74) is 2.98. The molecule has 0 saturated carbocycles. The van der Waals surface area contributed by atoms with E-state index in [9.17, 15) is 4.39 Å². The van der Waals surface area contributed by atoms with Crippen molar-refractivity contribution in [3.05, 3.63) is 47.3 Å². The van der Waals surface area contributed by atoms with Crippen LogP contribution in [0.3, 0.4) is 0 Å². The minimum Gasteiger partial charge on any atom is -0.309 e. The first-order chi connectivity index (χ1) is 9.10. The molecule has 19 heavy (non-hydrogen) atoms. The summed E-state index contributed by atoms with van der Waals surface area (Å²) in [6.45, 7) is 4.85. The molecule has 0 aliphatic rings. The van der Waals surface area contributed by atoms with Crippen LogP contribution in [-0.2, 0) is 13.5 Å². The van der Waals surface area contributed by atoms with E-state index in [1.807, 2.05) is 25.6 Å². The molecular weight excluding hydrogens is 243 g/mol. The Morgan fingerprint density at radius 1 is 1.42 bits per heavy atom. The van der Waals surface area contributed by atoms with Gasteiger partial charge in [-0.3, -0.25) is 9.67 Å². The summed E-state index contributed by atoms with van der Waals surface area (Å²) in [6.07, 6.45) is 2.04. The molecule has 0 spiro atoms. The van der Waals surface area contributed by atoms with Gasteiger partial charge in [0, 0.05) is 19.2 Å². The first-order valence-electron chi connectivity index (χ1n) is 6.44. The standard InChI is InChI=1S/C14H19FN4/c1-4-16-14(13-6-5-11(15)9-17-13)8-12-7-10(2)18-19(12)3/h5-7,9,14,16H,4,8H2,1-3H3. The van der Waals surface area contributed by atoms with E-state index in [0.717, 1.165) is 30.0 Å². The highest BCUT2D eigenvalue weighted by atomic mass is 19.1. The molecule has 2 heterocycles. The van der Waals surface area contributed by atoms with Crippen molar-refractivity contribution in [1.29, 1.82) is 0 Å². The zero-order valence-corrected chi connectivity index (χ0v) is 11.5. The zero-order valence-electron chi connectivity index (χ0n) is 11.5. The average Bonchev–Trinajstić information content (AvgIpc) is 2.68. The van der Waals surface area contributed by atoms with Crippen LogP contribution in [0.5, 0.6) is 0 Å². The van der Waals surface area contributed by atoms with Crippen LogP contribution in [0.15, 0.2) is 24.4 Å². The lowest BCUT2D eigenvalue weighted by Crippen LogP contribution is -2.24. The molecule has 0 saturated heterocycles. The monoisotopic (exact) mass is 262 g/mol. The Bertz CT molecular complexity index is 533. The number of hydrogen-bond donors (Lipinski definition) is 1. The van der Waals surface area contributed by atoms with Crippen LogP contribution < -0.4 is 5.32 Å². The maximum Gasteiger partial charge on any atom is 0.141 e. The number of likely N-dealkylation sites (N-methyl/N-ethyl adjacent to an activating group) is 1. The van der Waals surface area contributed by atoms with Gasteiger partial charge < -0.3 is 5.32 Å². The van der Waals surface area contributed by atoms with Crippen LogP contribution in [0.1, 0.15) is 30.0 Å². The van der Waals surface area contributed by atoms with E-state index >= 15 is 0 Å². The number of rotatable bonds is 5. The fraction of sp³-hybridized carbons (Fsp3) is 0.429. The normalized spacial score (nSPS) is 12.6. The fourth-order valence-corrected chi connectivity index (χ4v) is 2.19. The largest absolute Gasteiger partial charge is 0.309 e. The fourth-order valence-electron chi connectivity index (χ4n) is 2.19. The average molecular weight is 262 g/mol. The lowest BCUT2D eigenvalue weighted by molar-refractivity contribution is 0.514. The third-order valence-electron chi connectivity index (χ3n) is 3.07. The predicted octanol–water partition coefficient (Wildman–Crippen LogP) is 2.16. The number of pyridine rings is 1. The topological polar surface area (TPSA) is 42.7 Å². The van der Waals surface area contributed by atoms with Crippen molar-refractivity contribution in [1.82, 2.24) is 20.1 Å². The van der Waals surface area contributed by atoms with Gasteiger partial charge in [0.1, 0.15) is 5.82 Å². The van der Waals surface area contributed by atoms with Gasteiger partial charge in [0.15, 0.2) is 0 Å². The predicted molar refractivity (Wildman–Crippen MR) is 72.3 cm³/mol. The second kappa shape index (κ2) is 5.93. The van der Waals surface area contributed by atoms with Gasteiger partial charge in [-0.25, -0.2) is 4.39 Å². The minimum atomic E-state index is -0.310. The molecule has 2 aromatic rings. The Morgan fingerprint density at radius 3 is 2.74 bits per heavy atom. The van der Waals surface area contributed by atoms with Gasteiger partial charge in [0.05, 0.1) is 23.6 Å². The highest BCUT2D eigenvalue weighted by Crippen LogP contribution is 2.17. The van der Waals surface area contributed by atoms with Gasteiger partial charge >= 0.3 is 0 Å². The van der Waals surface area contributed by atoms with E-state index in [1.54, 1.807) is 6.07 Å². The summed E-state index contributed by atoms with van der Waals surface area (Å²) in [5, 5.41) is 7.72. The number of nitrogens with one attached hydrogen (secondary N) is 1. The van der Waals surface area contributed by atoms with E-state index in [4.69, 9.17) is 0 Å². The van der Waals surface area contributed by atoms with E-state index in [1.165, 1.54) is 12.3 Å². The highest BCUT2D eigenvalue weighted by Gasteiger charge is 2.15. The van der Waals surface area contributed by atoms with Crippen LogP contribution in [0.2, 0.25) is 0 Å². The van der Waals surface area contributed by atoms with Crippen LogP contribution in [-0.4, -0.2) is 21.3 Å². The second-order valence-corrected chi connectivity index (χ2v) is 4.62. The van der Waals surface area contributed by atoms with Gasteiger partial charge in [0.25, 0.3) is 0 Å². The number of halogens is 1. The first kappa shape index (κ1) is 13.7. The number of aromatic nitrogens is 3. The number of aryl methyl sites for hydroxylation is 2. The van der Waals surface area contributed by atoms with Gasteiger partial charge in [-0.15, -0.1) is 0 Å². The second-order valence-electron chi connectivity index (χ2n) is 4.62. The minimum absolute atomic E-state index is 0.0698. The van der Waals surface area contributed by atoms with Gasteiger partial charge in [0.2, 0.25) is 0 Å². The Kier molecular flexibility index (Phi) is 4.27. The Labute approximate surface area is 112 Å². The molecule has 0 amide bonds. The van der Waals surface area contributed by atoms with E-state index in [2.05, 4.69) is 21.5 Å². The molecule has 5 heteroatoms. The van der Waals surface area contributed by atoms with Crippen LogP contribution >= 0.6 is 0 Å². The van der Waals surface area contributed by atoms with E-state index in [-0.39, 0.29) is 11.9 Å². The number of hydrogen-bond acceptors (Lipinski definition) is 3. The molecule has 2 aromatic heterocycles. The third-order valence-corrected chi connectivity index (χ3v) is 3.07. The van der Waals surface area contributed by atoms with Crippen molar-refractivity contribution in [2.45, 2.75) is 26.3 Å². The molecule has 0 aromatic carbocycles. The lowest BCUT2D eigenvalue weighted by atomic mass is 10.1. The SMILES string of the molecule is CCNC(Cc1cc(C)nn1C)c1ccc(F)cn1. The van der Waals surface area contributed by atoms with Crippen molar-refractivity contribution in [3.8, 4) is 0 Å². The molecule has 1 unspecified atom stereocenters. The molecule has 102 valence electrons. The summed E-state index contributed by atoms with van der Waals surface area (Å²) in [6, 6.07) is 5.31. The van der Waals surface area contributed by atoms with Crippen molar-refractivity contribution in [2.24, 2.45) is 7.05 Å². The van der Waals surface area contributed by atoms with E-state index in [0.29, 0.717) is 0 Å². The molecule has 2 rings (SSSR count). The van der Waals surface area contributed by atoms with Crippen LogP contribution in [0, 0.1) is 12.7 Å². The van der Waals surface area contributed by atoms with Gasteiger partial charge in [-0.2, -0.15) is 5.10 Å². The van der Waals surface area contributed by atoms with Gasteiger partial charge in [-0.05, 0) is 31.7 Å². The zero-order chi connectivity index (χ0) is 13.8. The van der Waals surface area contributed by atoms with Crippen LogP contribution in [0.25, 0.3) is 0 Å². The van der Waals surface area contributed by atoms with E-state index < -0.39 is 0 Å². The quantitative estimate of drug-likeness (QED) is 0.898. The summed E-state index contributed by atoms with van der Waals surface area (Å²) in [7, 11) is 1.93. The molecule has 0 bridgehead atoms. The lowest BCUT2D eigenvalue weighted by Gasteiger charge is -2.17. The number of nitrogens with zero attached hydrogens (tertiary/aromatic N) is 3. The maximum atomic E-state index is 12.9. The van der Waals surface area contributed by atoms with Crippen molar-refractivity contribution >= 4 is 0 Å². The van der Waals surface area contributed by atoms with Gasteiger partial charge in [-0.1, -0.05) is 6.92 Å². The molecular formula is C14H19FN4. The summed E-state index contributed by atoms with van der Waals surface area (Å²) < 4.78 is 14.8. The summed E-state index contributed by atoms with van der Waals surface area (Å²) in [5.74, 6) is -0.310. The molecule has 1 N–H and O–H groups in total. The Hall–Kier alpha value is -1.75. The molecule has 4 nitrogen and oxygen atoms in total. The maximum absolute atomic E-state index is 12.9. The van der Waals surface area contributed by atoms with Crippen molar-refractivity contribution in [2.75, 3.05) is 6.54 Å². The van der Waals surface area contributed by atoms with Crippen LogP contribution in [0.4, 0.5) is 4.39 Å². The molecule has 1 atom stereocenters. The molecule has 0 aliphatic heterocycles. The summed E-state index contributed by atoms with van der Waals surface area (Å²) >= 11 is 0. The summed E-state index contributed by atoms with van der Waals surface area (Å²) in [4.78, 5) is 4.16. The Morgan fingerprint density at radius 2 is 2.21 bits per heavy atom. The van der Waals surface area contributed by atoms with Crippen molar-refractivity contribution in [3.63, 3.8) is 0 Å². The third kappa shape index (κ3) is 3.38. The molecule has 0 radical (unpaired) electrons.